The van der Waals surface area contributed by atoms with Gasteiger partial charge in [0, 0.05) is 18.8 Å². The van der Waals surface area contributed by atoms with Gasteiger partial charge in [0.2, 0.25) is 0 Å². The fourth-order valence-electron chi connectivity index (χ4n) is 3.23. The third-order valence-electron chi connectivity index (χ3n) is 4.36. The van der Waals surface area contributed by atoms with E-state index >= 15 is 0 Å². The van der Waals surface area contributed by atoms with Crippen LogP contribution in [-0.2, 0) is 16.4 Å². The number of aryl methyl sites for hydroxylation is 1. The predicted octanol–water partition coefficient (Wildman–Crippen LogP) is 2.84. The van der Waals surface area contributed by atoms with Crippen LogP contribution in [0.2, 0.25) is 0 Å². The van der Waals surface area contributed by atoms with E-state index in [1.165, 1.54) is 11.8 Å². The monoisotopic (exact) mass is 325 g/mol. The third kappa shape index (κ3) is 4.46. The predicted molar refractivity (Wildman–Crippen MR) is 90.1 cm³/mol. The first kappa shape index (κ1) is 17.3. The maximum absolute atomic E-state index is 11.9. The normalized spacial score (nSPS) is 22.5. The first-order valence-electron chi connectivity index (χ1n) is 8.06. The molecule has 0 bridgehead atoms. The Kier molecular flexibility index (Phi) is 5.87. The number of nitrogens with one attached hydrogen (secondary N) is 1. The summed E-state index contributed by atoms with van der Waals surface area (Å²) in [5.74, 6) is 0.915. The molecule has 2 atom stereocenters. The van der Waals surface area contributed by atoms with E-state index in [1.54, 1.807) is 0 Å². The molecule has 0 aromatic heterocycles. The van der Waals surface area contributed by atoms with Gasteiger partial charge in [-0.25, -0.2) is 8.42 Å². The first-order valence-corrected chi connectivity index (χ1v) is 10.0. The van der Waals surface area contributed by atoms with E-state index in [9.17, 15) is 8.42 Å². The van der Waals surface area contributed by atoms with Gasteiger partial charge < -0.3 is 10.1 Å². The minimum atomic E-state index is -2.98. The highest BCUT2D eigenvalue weighted by Crippen LogP contribution is 2.25. The lowest BCUT2D eigenvalue weighted by atomic mass is 9.94. The molecule has 4 nitrogen and oxygen atoms in total. The van der Waals surface area contributed by atoms with Crippen LogP contribution < -0.4 is 10.1 Å². The van der Waals surface area contributed by atoms with Gasteiger partial charge in [0.15, 0.2) is 9.84 Å². The van der Waals surface area contributed by atoms with Crippen LogP contribution in [0.1, 0.15) is 43.7 Å². The average molecular weight is 325 g/mol. The van der Waals surface area contributed by atoms with Crippen molar-refractivity contribution in [3.63, 3.8) is 0 Å². The minimum absolute atomic E-state index is 0.0654. The van der Waals surface area contributed by atoms with Gasteiger partial charge in [-0.15, -0.1) is 0 Å². The van der Waals surface area contributed by atoms with Crippen LogP contribution in [0.5, 0.6) is 5.75 Å². The lowest BCUT2D eigenvalue weighted by Crippen LogP contribution is -2.45. The zero-order chi connectivity index (χ0) is 16.2. The van der Waals surface area contributed by atoms with Crippen molar-refractivity contribution in [1.82, 2.24) is 5.32 Å². The molecule has 1 aliphatic carbocycles. The molecule has 2 rings (SSSR count). The van der Waals surface area contributed by atoms with Crippen LogP contribution in [0.4, 0.5) is 0 Å². The summed E-state index contributed by atoms with van der Waals surface area (Å²) in [6, 6.07) is 6.21. The lowest BCUT2D eigenvalue weighted by molar-refractivity contribution is 0.337. The quantitative estimate of drug-likeness (QED) is 0.874. The largest absolute Gasteiger partial charge is 0.494 e. The molecule has 1 saturated carbocycles. The molecule has 0 radical (unpaired) electrons. The fraction of sp³-hybridized carbons (Fsp3) is 0.647. The zero-order valence-electron chi connectivity index (χ0n) is 13.8. The molecule has 0 saturated heterocycles. The summed E-state index contributed by atoms with van der Waals surface area (Å²) in [6.45, 7) is 5.37. The molecule has 124 valence electrons. The molecule has 22 heavy (non-hydrogen) atoms. The number of rotatable bonds is 6. The van der Waals surface area contributed by atoms with Crippen molar-refractivity contribution >= 4 is 9.84 Å². The zero-order valence-corrected chi connectivity index (χ0v) is 14.6. The number of hydrogen-bond acceptors (Lipinski definition) is 4. The van der Waals surface area contributed by atoms with E-state index in [-0.39, 0.29) is 11.3 Å². The Bertz CT molecular complexity index is 598. The lowest BCUT2D eigenvalue weighted by Gasteiger charge is -2.31. The highest BCUT2D eigenvalue weighted by molar-refractivity contribution is 7.91. The summed E-state index contributed by atoms with van der Waals surface area (Å²) in [6.07, 6.45) is 5.19. The van der Waals surface area contributed by atoms with Crippen LogP contribution in [0.25, 0.3) is 0 Å². The van der Waals surface area contributed by atoms with Crippen molar-refractivity contribution < 1.29 is 13.2 Å². The average Bonchev–Trinajstić information content (AvgIpc) is 2.47. The molecule has 0 amide bonds. The summed E-state index contributed by atoms with van der Waals surface area (Å²) < 4.78 is 29.4. The third-order valence-corrected chi connectivity index (χ3v) is 6.02. The molecule has 0 heterocycles. The smallest absolute Gasteiger partial charge is 0.151 e. The molecule has 5 heteroatoms. The first-order chi connectivity index (χ1) is 10.4. The topological polar surface area (TPSA) is 55.4 Å². The number of benzene rings is 1. The van der Waals surface area contributed by atoms with Gasteiger partial charge >= 0.3 is 0 Å². The van der Waals surface area contributed by atoms with Crippen molar-refractivity contribution in [2.45, 2.75) is 57.4 Å². The molecule has 2 unspecified atom stereocenters. The van der Waals surface area contributed by atoms with Crippen molar-refractivity contribution in [1.29, 1.82) is 0 Å². The Morgan fingerprint density at radius 2 is 2.00 bits per heavy atom. The summed E-state index contributed by atoms with van der Waals surface area (Å²) in [5, 5.41) is 3.21. The second kappa shape index (κ2) is 7.47. The van der Waals surface area contributed by atoms with Crippen LogP contribution in [0, 0.1) is 6.92 Å². The molecule has 1 aliphatic rings. The van der Waals surface area contributed by atoms with Gasteiger partial charge in [0.1, 0.15) is 5.75 Å². The Hall–Kier alpha value is -1.07. The van der Waals surface area contributed by atoms with Crippen LogP contribution in [0.15, 0.2) is 18.2 Å². The molecule has 1 aromatic carbocycles. The second-order valence-corrected chi connectivity index (χ2v) is 8.44. The standard InChI is InChI=1S/C17H27NO3S/c1-4-21-16-10-9-14(11-13(16)2)12-18-15-7-5-6-8-17(15)22(3,19)20/h9-11,15,17-18H,4-8,12H2,1-3H3. The van der Waals surface area contributed by atoms with E-state index in [1.807, 2.05) is 26.0 Å². The Labute approximate surface area is 134 Å². The number of ether oxygens (including phenoxy) is 1. The highest BCUT2D eigenvalue weighted by atomic mass is 32.2. The van der Waals surface area contributed by atoms with E-state index < -0.39 is 9.84 Å². The Morgan fingerprint density at radius 3 is 2.64 bits per heavy atom. The fourth-order valence-corrected chi connectivity index (χ4v) is 4.65. The highest BCUT2D eigenvalue weighted by Gasteiger charge is 2.32. The molecule has 1 N–H and O–H groups in total. The second-order valence-electron chi connectivity index (χ2n) is 6.17. The van der Waals surface area contributed by atoms with Gasteiger partial charge in [-0.05, 0) is 43.9 Å². The summed E-state index contributed by atoms with van der Waals surface area (Å²) in [4.78, 5) is 0. The molecule has 1 aromatic rings. The Balaban J connectivity index is 2.00. The van der Waals surface area contributed by atoms with Crippen LogP contribution in [0.3, 0.4) is 0 Å². The van der Waals surface area contributed by atoms with Crippen molar-refractivity contribution in [3.05, 3.63) is 29.3 Å². The van der Waals surface area contributed by atoms with Gasteiger partial charge in [0.25, 0.3) is 0 Å². The van der Waals surface area contributed by atoms with Gasteiger partial charge in [-0.2, -0.15) is 0 Å². The van der Waals surface area contributed by atoms with E-state index in [2.05, 4.69) is 11.4 Å². The van der Waals surface area contributed by atoms with E-state index in [4.69, 9.17) is 4.74 Å². The SMILES string of the molecule is CCOc1ccc(CNC2CCCCC2S(C)(=O)=O)cc1C. The summed E-state index contributed by atoms with van der Waals surface area (Å²) >= 11 is 0. The van der Waals surface area contributed by atoms with Gasteiger partial charge in [-0.3, -0.25) is 0 Å². The molecule has 0 spiro atoms. The van der Waals surface area contributed by atoms with E-state index in [0.29, 0.717) is 13.2 Å². The van der Waals surface area contributed by atoms with Gasteiger partial charge in [-0.1, -0.05) is 25.0 Å². The van der Waals surface area contributed by atoms with Crippen molar-refractivity contribution in [3.8, 4) is 5.75 Å². The molecular formula is C17H27NO3S. The maximum Gasteiger partial charge on any atom is 0.151 e. The Morgan fingerprint density at radius 1 is 1.27 bits per heavy atom. The van der Waals surface area contributed by atoms with Crippen LogP contribution >= 0.6 is 0 Å². The number of sulfone groups is 1. The molecule has 0 aliphatic heterocycles. The summed E-state index contributed by atoms with van der Waals surface area (Å²) in [5.41, 5.74) is 2.28. The molecular weight excluding hydrogens is 298 g/mol. The van der Waals surface area contributed by atoms with Gasteiger partial charge in [0.05, 0.1) is 11.9 Å². The van der Waals surface area contributed by atoms with Crippen LogP contribution in [-0.4, -0.2) is 32.6 Å². The molecule has 1 fully saturated rings. The van der Waals surface area contributed by atoms with Crippen molar-refractivity contribution in [2.75, 3.05) is 12.9 Å². The number of hydrogen-bond donors (Lipinski definition) is 1. The minimum Gasteiger partial charge on any atom is -0.494 e. The maximum atomic E-state index is 11.9. The summed E-state index contributed by atoms with van der Waals surface area (Å²) in [7, 11) is -2.98. The van der Waals surface area contributed by atoms with Crippen molar-refractivity contribution in [2.24, 2.45) is 0 Å². The van der Waals surface area contributed by atoms with E-state index in [0.717, 1.165) is 37.0 Å².